The average molecular weight is 368 g/mol. The second-order valence-corrected chi connectivity index (χ2v) is 7.29. The van der Waals surface area contributed by atoms with Gasteiger partial charge in [0.05, 0.1) is 5.60 Å². The number of hydrogen-bond acceptors (Lipinski definition) is 4. The zero-order chi connectivity index (χ0) is 19.1. The summed E-state index contributed by atoms with van der Waals surface area (Å²) in [5, 5.41) is 7.35. The van der Waals surface area contributed by atoms with E-state index in [0.717, 1.165) is 12.8 Å². The molecule has 2 fully saturated rings. The summed E-state index contributed by atoms with van der Waals surface area (Å²) in [6.07, 6.45) is 3.40. The molecule has 1 aliphatic heterocycles. The van der Waals surface area contributed by atoms with E-state index in [1.807, 2.05) is 25.1 Å². The van der Waals surface area contributed by atoms with Gasteiger partial charge in [0.15, 0.2) is 0 Å². The molecule has 0 bridgehead atoms. The van der Waals surface area contributed by atoms with Gasteiger partial charge in [-0.3, -0.25) is 14.3 Å². The van der Waals surface area contributed by atoms with Crippen molar-refractivity contribution in [1.29, 1.82) is 0 Å². The van der Waals surface area contributed by atoms with Crippen molar-refractivity contribution >= 4 is 11.8 Å². The van der Waals surface area contributed by atoms with Crippen molar-refractivity contribution < 1.29 is 14.3 Å². The summed E-state index contributed by atoms with van der Waals surface area (Å²) >= 11 is 0. The largest absolute Gasteiger partial charge is 0.376 e. The highest BCUT2D eigenvalue weighted by atomic mass is 16.5. The summed E-state index contributed by atoms with van der Waals surface area (Å²) in [6.45, 7) is 3.47. The van der Waals surface area contributed by atoms with E-state index in [9.17, 15) is 9.59 Å². The van der Waals surface area contributed by atoms with Gasteiger partial charge < -0.3 is 15.0 Å². The lowest BCUT2D eigenvalue weighted by Crippen LogP contribution is -2.77. The first kappa shape index (κ1) is 17.7. The van der Waals surface area contributed by atoms with Crippen LogP contribution in [-0.2, 0) is 11.3 Å². The first-order chi connectivity index (χ1) is 13.0. The van der Waals surface area contributed by atoms with Crippen LogP contribution in [0.2, 0.25) is 0 Å². The molecule has 1 saturated carbocycles. The predicted octanol–water partition coefficient (Wildman–Crippen LogP) is 1.71. The molecule has 1 saturated heterocycles. The number of amides is 2. The van der Waals surface area contributed by atoms with Crippen molar-refractivity contribution in [3.63, 3.8) is 0 Å². The van der Waals surface area contributed by atoms with Crippen LogP contribution in [0.4, 0.5) is 0 Å². The van der Waals surface area contributed by atoms with Crippen molar-refractivity contribution in [2.75, 3.05) is 20.2 Å². The number of rotatable bonds is 6. The van der Waals surface area contributed by atoms with Crippen LogP contribution in [0.3, 0.4) is 0 Å². The Morgan fingerprint density at radius 1 is 1.19 bits per heavy atom. The standard InChI is InChI=1S/C20H24N4O3/c1-3-24-16(9-12-21-24)18(26)23-13-19(14-23,20(27-2)10-11-20)22-17(25)15-7-5-4-6-8-15/h4-9,12H,3,10-11,13-14H2,1-2H3,(H,22,25). The van der Waals surface area contributed by atoms with Crippen LogP contribution in [0.15, 0.2) is 42.6 Å². The van der Waals surface area contributed by atoms with Crippen LogP contribution in [0.5, 0.6) is 0 Å². The van der Waals surface area contributed by atoms with Crippen LogP contribution < -0.4 is 5.32 Å². The minimum absolute atomic E-state index is 0.0640. The fraction of sp³-hybridized carbons (Fsp3) is 0.450. The van der Waals surface area contributed by atoms with E-state index in [0.29, 0.717) is 30.9 Å². The predicted molar refractivity (Wildman–Crippen MR) is 99.4 cm³/mol. The Hall–Kier alpha value is -2.67. The third-order valence-electron chi connectivity index (χ3n) is 5.80. The molecule has 2 heterocycles. The van der Waals surface area contributed by atoms with Gasteiger partial charge >= 0.3 is 0 Å². The Morgan fingerprint density at radius 2 is 1.89 bits per heavy atom. The van der Waals surface area contributed by atoms with E-state index >= 15 is 0 Å². The molecule has 27 heavy (non-hydrogen) atoms. The third kappa shape index (κ3) is 2.82. The Bertz CT molecular complexity index is 851. The second kappa shape index (κ2) is 6.49. The SMILES string of the molecule is CCn1nccc1C(=O)N1CC(NC(=O)c2ccccc2)(C2(OC)CC2)C1. The molecule has 142 valence electrons. The van der Waals surface area contributed by atoms with Crippen molar-refractivity contribution in [3.05, 3.63) is 53.9 Å². The fourth-order valence-electron chi connectivity index (χ4n) is 4.03. The molecule has 0 spiro atoms. The summed E-state index contributed by atoms with van der Waals surface area (Å²) in [5.74, 6) is -0.199. The molecule has 4 rings (SSSR count). The number of benzene rings is 1. The van der Waals surface area contributed by atoms with Crippen LogP contribution in [0, 0.1) is 0 Å². The molecule has 7 heteroatoms. The second-order valence-electron chi connectivity index (χ2n) is 7.29. The number of carbonyl (C=O) groups is 2. The Kier molecular flexibility index (Phi) is 4.26. The topological polar surface area (TPSA) is 76.5 Å². The van der Waals surface area contributed by atoms with Gasteiger partial charge in [-0.05, 0) is 38.0 Å². The summed E-state index contributed by atoms with van der Waals surface area (Å²) in [5.41, 5.74) is 0.237. The van der Waals surface area contributed by atoms with Crippen LogP contribution in [-0.4, -0.2) is 57.8 Å². The van der Waals surface area contributed by atoms with Gasteiger partial charge in [0, 0.05) is 38.5 Å². The highest BCUT2D eigenvalue weighted by Gasteiger charge is 2.66. The summed E-state index contributed by atoms with van der Waals surface area (Å²) in [7, 11) is 1.68. The Labute approximate surface area is 158 Å². The van der Waals surface area contributed by atoms with Crippen molar-refractivity contribution in [2.45, 2.75) is 37.5 Å². The molecule has 0 radical (unpaired) electrons. The molecular weight excluding hydrogens is 344 g/mol. The van der Waals surface area contributed by atoms with Gasteiger partial charge in [-0.25, -0.2) is 0 Å². The fourth-order valence-corrected chi connectivity index (χ4v) is 4.03. The Balaban J connectivity index is 1.53. The maximum absolute atomic E-state index is 12.9. The lowest BCUT2D eigenvalue weighted by molar-refractivity contribution is -0.0711. The summed E-state index contributed by atoms with van der Waals surface area (Å²) < 4.78 is 7.47. The van der Waals surface area contributed by atoms with E-state index in [-0.39, 0.29) is 17.4 Å². The molecule has 1 aromatic heterocycles. The molecule has 0 atom stereocenters. The first-order valence-electron chi connectivity index (χ1n) is 9.28. The highest BCUT2D eigenvalue weighted by Crippen LogP contribution is 2.51. The number of carbonyl (C=O) groups excluding carboxylic acids is 2. The van der Waals surface area contributed by atoms with Crippen LogP contribution >= 0.6 is 0 Å². The molecule has 7 nitrogen and oxygen atoms in total. The average Bonchev–Trinajstić information content (AvgIpc) is 3.33. The minimum Gasteiger partial charge on any atom is -0.376 e. The number of nitrogens with one attached hydrogen (secondary N) is 1. The smallest absolute Gasteiger partial charge is 0.272 e. The monoisotopic (exact) mass is 368 g/mol. The van der Waals surface area contributed by atoms with Gasteiger partial charge in [-0.2, -0.15) is 5.10 Å². The molecule has 2 amide bonds. The van der Waals surface area contributed by atoms with E-state index in [1.54, 1.807) is 41.1 Å². The molecule has 0 unspecified atom stereocenters. The molecule has 1 aromatic carbocycles. The van der Waals surface area contributed by atoms with Crippen molar-refractivity contribution in [3.8, 4) is 0 Å². The van der Waals surface area contributed by atoms with E-state index in [2.05, 4.69) is 10.4 Å². The summed E-state index contributed by atoms with van der Waals surface area (Å²) in [6, 6.07) is 10.9. The number of likely N-dealkylation sites (tertiary alicyclic amines) is 1. The first-order valence-corrected chi connectivity index (χ1v) is 9.28. The van der Waals surface area contributed by atoms with E-state index in [4.69, 9.17) is 4.74 Å². The van der Waals surface area contributed by atoms with Gasteiger partial charge in [0.25, 0.3) is 11.8 Å². The molecule has 1 aliphatic carbocycles. The number of nitrogens with zero attached hydrogens (tertiary/aromatic N) is 3. The van der Waals surface area contributed by atoms with E-state index < -0.39 is 5.54 Å². The third-order valence-corrected chi connectivity index (χ3v) is 5.80. The van der Waals surface area contributed by atoms with Crippen LogP contribution in [0.1, 0.15) is 40.6 Å². The highest BCUT2D eigenvalue weighted by molar-refractivity contribution is 5.96. The zero-order valence-electron chi connectivity index (χ0n) is 15.6. The quantitative estimate of drug-likeness (QED) is 0.842. The van der Waals surface area contributed by atoms with E-state index in [1.165, 1.54) is 0 Å². The van der Waals surface area contributed by atoms with Crippen molar-refractivity contribution in [2.24, 2.45) is 0 Å². The minimum atomic E-state index is -0.554. The zero-order valence-corrected chi connectivity index (χ0v) is 15.6. The number of methoxy groups -OCH3 is 1. The van der Waals surface area contributed by atoms with Gasteiger partial charge in [0.1, 0.15) is 11.2 Å². The molecule has 1 N–H and O–H groups in total. The molecular formula is C20H24N4O3. The normalized spacial score (nSPS) is 19.3. The van der Waals surface area contributed by atoms with Gasteiger partial charge in [-0.1, -0.05) is 18.2 Å². The summed E-state index contributed by atoms with van der Waals surface area (Å²) in [4.78, 5) is 27.4. The van der Waals surface area contributed by atoms with Crippen LogP contribution in [0.25, 0.3) is 0 Å². The lowest BCUT2D eigenvalue weighted by atomic mass is 9.80. The number of aryl methyl sites for hydroxylation is 1. The van der Waals surface area contributed by atoms with Gasteiger partial charge in [0.2, 0.25) is 0 Å². The number of aromatic nitrogens is 2. The van der Waals surface area contributed by atoms with Crippen molar-refractivity contribution in [1.82, 2.24) is 20.0 Å². The molecule has 2 aromatic rings. The maximum atomic E-state index is 12.9. The molecule has 2 aliphatic rings. The lowest BCUT2D eigenvalue weighted by Gasteiger charge is -2.54. The van der Waals surface area contributed by atoms with Gasteiger partial charge in [-0.15, -0.1) is 0 Å². The number of hydrogen-bond donors (Lipinski definition) is 1. The Morgan fingerprint density at radius 3 is 2.48 bits per heavy atom. The number of ether oxygens (including phenoxy) is 1. The maximum Gasteiger partial charge on any atom is 0.272 e.